The Morgan fingerprint density at radius 2 is 1.62 bits per heavy atom. The van der Waals surface area contributed by atoms with Gasteiger partial charge >= 0.3 is 0 Å². The second-order valence-corrected chi connectivity index (χ2v) is 4.48. The lowest BCUT2D eigenvalue weighted by Crippen LogP contribution is -1.74. The smallest absolute Gasteiger partial charge is 0.136 e. The highest BCUT2D eigenvalue weighted by Gasteiger charge is 2.07. The largest absolute Gasteiger partial charge is 0.456 e. The van der Waals surface area contributed by atoms with Crippen LogP contribution in [0.2, 0.25) is 0 Å². The fourth-order valence-corrected chi connectivity index (χ4v) is 2.26. The van der Waals surface area contributed by atoms with Gasteiger partial charge in [-0.15, -0.1) is 0 Å². The summed E-state index contributed by atoms with van der Waals surface area (Å²) in [6.07, 6.45) is 0. The summed E-state index contributed by atoms with van der Waals surface area (Å²) < 4.78 is 6.85. The molecule has 0 saturated heterocycles. The molecule has 0 aliphatic heterocycles. The summed E-state index contributed by atoms with van der Waals surface area (Å²) in [6, 6.07) is 18.2. The molecule has 3 rings (SSSR count). The maximum atomic E-state index is 5.80. The van der Waals surface area contributed by atoms with Gasteiger partial charge in [0.25, 0.3) is 0 Å². The summed E-state index contributed by atoms with van der Waals surface area (Å²) in [4.78, 5) is 0. The predicted molar refractivity (Wildman–Crippen MR) is 69.4 cm³/mol. The summed E-state index contributed by atoms with van der Waals surface area (Å²) in [5, 5.41) is 1.13. The van der Waals surface area contributed by atoms with Crippen molar-refractivity contribution in [2.24, 2.45) is 0 Å². The van der Waals surface area contributed by atoms with Gasteiger partial charge in [-0.1, -0.05) is 52.3 Å². The molecule has 1 nitrogen and oxygen atoms in total. The summed E-state index contributed by atoms with van der Waals surface area (Å²) in [7, 11) is 0. The molecule has 0 radical (unpaired) electrons. The molecule has 0 N–H and O–H groups in total. The van der Waals surface area contributed by atoms with Gasteiger partial charge in [0.15, 0.2) is 0 Å². The van der Waals surface area contributed by atoms with Gasteiger partial charge in [0.05, 0.1) is 0 Å². The lowest BCUT2D eigenvalue weighted by Gasteiger charge is -1.98. The Labute approximate surface area is 102 Å². The standard InChI is InChI=1S/C14H9BrO/c15-12-7-3-2-6-11(12)14-9-10-5-1-4-8-13(10)16-14/h1-9H. The van der Waals surface area contributed by atoms with Gasteiger partial charge in [0.2, 0.25) is 0 Å². The van der Waals surface area contributed by atoms with E-state index in [0.717, 1.165) is 26.8 Å². The summed E-state index contributed by atoms with van der Waals surface area (Å²) in [5.74, 6) is 0.897. The Hall–Kier alpha value is -1.54. The molecule has 0 aliphatic rings. The van der Waals surface area contributed by atoms with Crippen LogP contribution in [0.5, 0.6) is 0 Å². The van der Waals surface area contributed by atoms with Gasteiger partial charge in [0, 0.05) is 15.4 Å². The first-order valence-corrected chi connectivity index (χ1v) is 5.87. The molecule has 0 saturated carbocycles. The van der Waals surface area contributed by atoms with Crippen LogP contribution in [0.25, 0.3) is 22.3 Å². The first-order valence-electron chi connectivity index (χ1n) is 5.08. The molecule has 1 heterocycles. The minimum absolute atomic E-state index is 0.897. The number of furan rings is 1. The molecule has 78 valence electrons. The maximum Gasteiger partial charge on any atom is 0.136 e. The van der Waals surface area contributed by atoms with E-state index in [1.165, 1.54) is 0 Å². The lowest BCUT2D eigenvalue weighted by atomic mass is 10.1. The van der Waals surface area contributed by atoms with Crippen LogP contribution in [0.4, 0.5) is 0 Å². The monoisotopic (exact) mass is 272 g/mol. The Bertz CT molecular complexity index is 607. The van der Waals surface area contributed by atoms with Gasteiger partial charge in [-0.25, -0.2) is 0 Å². The maximum absolute atomic E-state index is 5.80. The third-order valence-corrected chi connectivity index (χ3v) is 3.26. The van der Waals surface area contributed by atoms with Crippen LogP contribution in [-0.2, 0) is 0 Å². The summed E-state index contributed by atoms with van der Waals surface area (Å²) in [5.41, 5.74) is 2.01. The van der Waals surface area contributed by atoms with E-state index in [9.17, 15) is 0 Å². The average Bonchev–Trinajstić information content (AvgIpc) is 2.73. The molecule has 1 aromatic heterocycles. The first kappa shape index (κ1) is 9.67. The normalized spacial score (nSPS) is 10.8. The molecule has 0 amide bonds. The molecule has 3 aromatic rings. The minimum Gasteiger partial charge on any atom is -0.456 e. The van der Waals surface area contributed by atoms with Crippen molar-refractivity contribution in [3.05, 3.63) is 59.1 Å². The van der Waals surface area contributed by atoms with Crippen LogP contribution in [0.3, 0.4) is 0 Å². The van der Waals surface area contributed by atoms with Gasteiger partial charge < -0.3 is 4.42 Å². The molecular formula is C14H9BrO. The van der Waals surface area contributed by atoms with Crippen molar-refractivity contribution in [2.45, 2.75) is 0 Å². The summed E-state index contributed by atoms with van der Waals surface area (Å²) in [6.45, 7) is 0. The SMILES string of the molecule is Brc1ccccc1-c1cc2ccccc2o1. The fourth-order valence-electron chi connectivity index (χ4n) is 1.78. The van der Waals surface area contributed by atoms with Gasteiger partial charge in [0.1, 0.15) is 11.3 Å². The highest BCUT2D eigenvalue weighted by molar-refractivity contribution is 9.10. The van der Waals surface area contributed by atoms with Crippen LogP contribution < -0.4 is 0 Å². The quantitative estimate of drug-likeness (QED) is 0.617. The van der Waals surface area contributed by atoms with E-state index < -0.39 is 0 Å². The third-order valence-electron chi connectivity index (χ3n) is 2.56. The molecule has 16 heavy (non-hydrogen) atoms. The molecule has 0 spiro atoms. The molecular weight excluding hydrogens is 264 g/mol. The molecule has 0 aliphatic carbocycles. The highest BCUT2D eigenvalue weighted by atomic mass is 79.9. The topological polar surface area (TPSA) is 13.1 Å². The number of para-hydroxylation sites is 1. The Balaban J connectivity index is 2.23. The van der Waals surface area contributed by atoms with E-state index in [0.29, 0.717) is 0 Å². The zero-order valence-electron chi connectivity index (χ0n) is 8.48. The Morgan fingerprint density at radius 1 is 0.875 bits per heavy atom. The van der Waals surface area contributed by atoms with E-state index in [2.05, 4.69) is 28.1 Å². The van der Waals surface area contributed by atoms with Crippen molar-refractivity contribution >= 4 is 26.9 Å². The molecule has 2 heteroatoms. The lowest BCUT2D eigenvalue weighted by molar-refractivity contribution is 0.631. The van der Waals surface area contributed by atoms with Crippen LogP contribution in [0, 0.1) is 0 Å². The fraction of sp³-hybridized carbons (Fsp3) is 0. The zero-order valence-corrected chi connectivity index (χ0v) is 10.1. The minimum atomic E-state index is 0.897. The summed E-state index contributed by atoms with van der Waals surface area (Å²) >= 11 is 3.53. The van der Waals surface area contributed by atoms with Crippen LogP contribution >= 0.6 is 15.9 Å². The highest BCUT2D eigenvalue weighted by Crippen LogP contribution is 2.32. The second kappa shape index (κ2) is 3.80. The van der Waals surface area contributed by atoms with Crippen molar-refractivity contribution in [3.8, 4) is 11.3 Å². The van der Waals surface area contributed by atoms with Gasteiger partial charge in [-0.05, 0) is 18.2 Å². The number of rotatable bonds is 1. The third kappa shape index (κ3) is 1.55. The molecule has 0 atom stereocenters. The Morgan fingerprint density at radius 3 is 2.44 bits per heavy atom. The van der Waals surface area contributed by atoms with Crippen LogP contribution in [0.1, 0.15) is 0 Å². The van der Waals surface area contributed by atoms with Crippen molar-refractivity contribution in [2.75, 3.05) is 0 Å². The van der Waals surface area contributed by atoms with E-state index in [1.54, 1.807) is 0 Å². The van der Waals surface area contributed by atoms with Crippen molar-refractivity contribution < 1.29 is 4.42 Å². The van der Waals surface area contributed by atoms with Gasteiger partial charge in [-0.2, -0.15) is 0 Å². The number of hydrogen-bond acceptors (Lipinski definition) is 1. The molecule has 2 aromatic carbocycles. The van der Waals surface area contributed by atoms with Crippen LogP contribution in [0.15, 0.2) is 63.5 Å². The van der Waals surface area contributed by atoms with E-state index in [1.807, 2.05) is 42.5 Å². The van der Waals surface area contributed by atoms with E-state index >= 15 is 0 Å². The molecule has 0 bridgehead atoms. The number of benzene rings is 2. The van der Waals surface area contributed by atoms with Crippen molar-refractivity contribution in [1.29, 1.82) is 0 Å². The van der Waals surface area contributed by atoms with Gasteiger partial charge in [-0.3, -0.25) is 0 Å². The van der Waals surface area contributed by atoms with Crippen molar-refractivity contribution in [3.63, 3.8) is 0 Å². The van der Waals surface area contributed by atoms with E-state index in [4.69, 9.17) is 4.42 Å². The molecule has 0 unspecified atom stereocenters. The molecule has 0 fully saturated rings. The number of hydrogen-bond donors (Lipinski definition) is 0. The predicted octanol–water partition coefficient (Wildman–Crippen LogP) is 4.86. The van der Waals surface area contributed by atoms with Crippen molar-refractivity contribution in [1.82, 2.24) is 0 Å². The zero-order chi connectivity index (χ0) is 11.0. The average molecular weight is 273 g/mol. The second-order valence-electron chi connectivity index (χ2n) is 3.63. The first-order chi connectivity index (χ1) is 7.84. The Kier molecular flexibility index (Phi) is 2.29. The number of halogens is 1. The number of fused-ring (bicyclic) bond motifs is 1. The van der Waals surface area contributed by atoms with E-state index in [-0.39, 0.29) is 0 Å². The van der Waals surface area contributed by atoms with Crippen LogP contribution in [-0.4, -0.2) is 0 Å².